The maximum Gasteiger partial charge on any atom is 0.220 e. The lowest BCUT2D eigenvalue weighted by molar-refractivity contribution is -0.122. The van der Waals surface area contributed by atoms with E-state index < -0.39 is 0 Å². The molecule has 1 amide bonds. The van der Waals surface area contributed by atoms with E-state index >= 15 is 0 Å². The topological polar surface area (TPSA) is 38.3 Å². The van der Waals surface area contributed by atoms with Gasteiger partial charge in [-0.3, -0.25) is 4.79 Å². The molecule has 0 aliphatic heterocycles. The summed E-state index contributed by atoms with van der Waals surface area (Å²) >= 11 is 5.93. The predicted molar refractivity (Wildman–Crippen MR) is 95.0 cm³/mol. The standard InChI is InChI=1S/C19H28ClNO2/c1-13-6-4-7-17(15(13)3)21-19(22)8-5-11-23-18-10-9-16(20)12-14(18)2/h9-10,12-13,15,17H,4-8,11H2,1-3H3,(H,21,22). The molecule has 128 valence electrons. The number of amides is 1. The lowest BCUT2D eigenvalue weighted by atomic mass is 9.78. The van der Waals surface area contributed by atoms with E-state index in [0.29, 0.717) is 35.9 Å². The highest BCUT2D eigenvalue weighted by Gasteiger charge is 2.27. The summed E-state index contributed by atoms with van der Waals surface area (Å²) in [6.45, 7) is 7.05. The second kappa shape index (κ2) is 8.58. The quantitative estimate of drug-likeness (QED) is 0.761. The van der Waals surface area contributed by atoms with Crippen LogP contribution in [0.5, 0.6) is 5.75 Å². The summed E-state index contributed by atoms with van der Waals surface area (Å²) in [4.78, 5) is 12.1. The van der Waals surface area contributed by atoms with Crippen LogP contribution in [0.25, 0.3) is 0 Å². The van der Waals surface area contributed by atoms with Gasteiger partial charge in [0.15, 0.2) is 0 Å². The van der Waals surface area contributed by atoms with Crippen LogP contribution < -0.4 is 10.1 Å². The van der Waals surface area contributed by atoms with E-state index in [4.69, 9.17) is 16.3 Å². The summed E-state index contributed by atoms with van der Waals surface area (Å²) in [5.74, 6) is 2.25. The normalized spacial score (nSPS) is 24.3. The highest BCUT2D eigenvalue weighted by atomic mass is 35.5. The number of aryl methyl sites for hydroxylation is 1. The van der Waals surface area contributed by atoms with E-state index in [1.54, 1.807) is 0 Å². The summed E-state index contributed by atoms with van der Waals surface area (Å²) in [6.07, 6.45) is 4.85. The summed E-state index contributed by atoms with van der Waals surface area (Å²) in [7, 11) is 0. The minimum absolute atomic E-state index is 0.146. The number of halogens is 1. The molecule has 1 aromatic rings. The average Bonchev–Trinajstić information content (AvgIpc) is 2.50. The highest BCUT2D eigenvalue weighted by molar-refractivity contribution is 6.30. The molecule has 1 saturated carbocycles. The fraction of sp³-hybridized carbons (Fsp3) is 0.632. The molecule has 0 heterocycles. The van der Waals surface area contributed by atoms with Gasteiger partial charge < -0.3 is 10.1 Å². The van der Waals surface area contributed by atoms with E-state index in [1.165, 1.54) is 12.8 Å². The van der Waals surface area contributed by atoms with Crippen molar-refractivity contribution in [1.29, 1.82) is 0 Å². The average molecular weight is 338 g/mol. The highest BCUT2D eigenvalue weighted by Crippen LogP contribution is 2.29. The Labute approximate surface area is 144 Å². The van der Waals surface area contributed by atoms with E-state index in [0.717, 1.165) is 24.2 Å². The molecule has 1 fully saturated rings. The third-order valence-corrected chi connectivity index (χ3v) is 5.23. The maximum atomic E-state index is 12.1. The zero-order valence-corrected chi connectivity index (χ0v) is 15.2. The predicted octanol–water partition coefficient (Wildman–Crippen LogP) is 4.75. The molecule has 0 radical (unpaired) electrons. The van der Waals surface area contributed by atoms with E-state index in [9.17, 15) is 4.79 Å². The number of rotatable bonds is 6. The first-order valence-corrected chi connectivity index (χ1v) is 9.03. The van der Waals surface area contributed by atoms with Gasteiger partial charge in [0.1, 0.15) is 5.75 Å². The molecule has 0 aromatic heterocycles. The Balaban J connectivity index is 1.68. The minimum atomic E-state index is 0.146. The van der Waals surface area contributed by atoms with Gasteiger partial charge in [0.25, 0.3) is 0 Å². The molecular weight excluding hydrogens is 310 g/mol. The summed E-state index contributed by atoms with van der Waals surface area (Å²) in [6, 6.07) is 5.92. The van der Waals surface area contributed by atoms with Crippen LogP contribution in [0.1, 0.15) is 51.5 Å². The van der Waals surface area contributed by atoms with Crippen LogP contribution in [0.3, 0.4) is 0 Å². The van der Waals surface area contributed by atoms with Gasteiger partial charge >= 0.3 is 0 Å². The molecule has 1 aliphatic carbocycles. The van der Waals surface area contributed by atoms with Crippen LogP contribution in [0.4, 0.5) is 0 Å². The fourth-order valence-corrected chi connectivity index (χ4v) is 3.48. The molecule has 0 spiro atoms. The lowest BCUT2D eigenvalue weighted by Gasteiger charge is -2.34. The molecule has 23 heavy (non-hydrogen) atoms. The molecule has 3 atom stereocenters. The Morgan fingerprint density at radius 1 is 1.35 bits per heavy atom. The molecule has 1 aliphatic rings. The molecule has 0 saturated heterocycles. The van der Waals surface area contributed by atoms with Crippen molar-refractivity contribution in [2.75, 3.05) is 6.61 Å². The van der Waals surface area contributed by atoms with Crippen molar-refractivity contribution >= 4 is 17.5 Å². The molecule has 1 aromatic carbocycles. The van der Waals surface area contributed by atoms with Gasteiger partial charge in [-0.2, -0.15) is 0 Å². The molecule has 4 heteroatoms. The zero-order valence-electron chi connectivity index (χ0n) is 14.4. The van der Waals surface area contributed by atoms with Gasteiger partial charge in [-0.15, -0.1) is 0 Å². The Kier molecular flexibility index (Phi) is 6.76. The molecule has 3 nitrogen and oxygen atoms in total. The van der Waals surface area contributed by atoms with Crippen molar-refractivity contribution in [3.8, 4) is 5.75 Å². The Hall–Kier alpha value is -1.22. The number of carbonyl (C=O) groups is 1. The van der Waals surface area contributed by atoms with Gasteiger partial charge in [0, 0.05) is 17.5 Å². The fourth-order valence-electron chi connectivity index (χ4n) is 3.25. The second-order valence-electron chi connectivity index (χ2n) is 6.80. The number of carbonyl (C=O) groups excluding carboxylic acids is 1. The summed E-state index contributed by atoms with van der Waals surface area (Å²) < 4.78 is 5.73. The first kappa shape index (κ1) is 18.1. The van der Waals surface area contributed by atoms with Crippen molar-refractivity contribution in [1.82, 2.24) is 5.32 Å². The molecule has 0 bridgehead atoms. The third kappa shape index (κ3) is 5.42. The van der Waals surface area contributed by atoms with Gasteiger partial charge in [0.05, 0.1) is 6.61 Å². The van der Waals surface area contributed by atoms with E-state index in [1.807, 2.05) is 25.1 Å². The van der Waals surface area contributed by atoms with E-state index in [-0.39, 0.29) is 5.91 Å². The smallest absolute Gasteiger partial charge is 0.220 e. The van der Waals surface area contributed by atoms with Crippen LogP contribution in [0, 0.1) is 18.8 Å². The van der Waals surface area contributed by atoms with Gasteiger partial charge in [0.2, 0.25) is 5.91 Å². The van der Waals surface area contributed by atoms with Gasteiger partial charge in [-0.1, -0.05) is 38.3 Å². The van der Waals surface area contributed by atoms with Crippen LogP contribution in [-0.2, 0) is 4.79 Å². The Morgan fingerprint density at radius 3 is 2.87 bits per heavy atom. The SMILES string of the molecule is Cc1cc(Cl)ccc1OCCCC(=O)NC1CCCC(C)C1C. The number of ether oxygens (including phenoxy) is 1. The Bertz CT molecular complexity index is 532. The lowest BCUT2D eigenvalue weighted by Crippen LogP contribution is -2.43. The Morgan fingerprint density at radius 2 is 2.13 bits per heavy atom. The van der Waals surface area contributed by atoms with Crippen molar-refractivity contribution in [2.45, 2.75) is 58.9 Å². The number of benzene rings is 1. The van der Waals surface area contributed by atoms with Crippen molar-refractivity contribution in [3.63, 3.8) is 0 Å². The molecule has 3 unspecified atom stereocenters. The maximum absolute atomic E-state index is 12.1. The first-order chi connectivity index (χ1) is 11.0. The van der Waals surface area contributed by atoms with Crippen molar-refractivity contribution in [3.05, 3.63) is 28.8 Å². The van der Waals surface area contributed by atoms with Gasteiger partial charge in [-0.25, -0.2) is 0 Å². The first-order valence-electron chi connectivity index (χ1n) is 8.65. The zero-order chi connectivity index (χ0) is 16.8. The molecular formula is C19H28ClNO2. The van der Waals surface area contributed by atoms with E-state index in [2.05, 4.69) is 19.2 Å². The number of hydrogen-bond acceptors (Lipinski definition) is 2. The monoisotopic (exact) mass is 337 g/mol. The number of hydrogen-bond donors (Lipinski definition) is 1. The second-order valence-corrected chi connectivity index (χ2v) is 7.24. The molecule has 2 rings (SSSR count). The minimum Gasteiger partial charge on any atom is -0.493 e. The van der Waals surface area contributed by atoms with Crippen molar-refractivity contribution in [2.24, 2.45) is 11.8 Å². The summed E-state index contributed by atoms with van der Waals surface area (Å²) in [5, 5.41) is 3.92. The largest absolute Gasteiger partial charge is 0.493 e. The van der Waals surface area contributed by atoms with Crippen molar-refractivity contribution < 1.29 is 9.53 Å². The van der Waals surface area contributed by atoms with Crippen LogP contribution in [0.15, 0.2) is 18.2 Å². The van der Waals surface area contributed by atoms with Crippen LogP contribution >= 0.6 is 11.6 Å². The summed E-state index contributed by atoms with van der Waals surface area (Å²) in [5.41, 5.74) is 1.02. The molecule has 1 N–H and O–H groups in total. The van der Waals surface area contributed by atoms with Crippen LogP contribution in [-0.4, -0.2) is 18.6 Å². The number of nitrogens with one attached hydrogen (secondary N) is 1. The van der Waals surface area contributed by atoms with Gasteiger partial charge in [-0.05, 0) is 55.4 Å². The third-order valence-electron chi connectivity index (χ3n) is 5.00. The van der Waals surface area contributed by atoms with Crippen LogP contribution in [0.2, 0.25) is 5.02 Å².